The van der Waals surface area contributed by atoms with Crippen LogP contribution < -0.4 is 45.3 Å². The Labute approximate surface area is 680 Å². The molecule has 0 bridgehead atoms. The van der Waals surface area contributed by atoms with Gasteiger partial charge in [-0.2, -0.15) is 26.3 Å². The third-order valence-corrected chi connectivity index (χ3v) is 25.3. The molecule has 3 saturated heterocycles. The molecule has 0 spiro atoms. The zero-order valence-corrected chi connectivity index (χ0v) is 70.6. The summed E-state index contributed by atoms with van der Waals surface area (Å²) < 4.78 is 159. The van der Waals surface area contributed by atoms with Crippen LogP contribution in [0, 0.1) is 41.5 Å². The lowest BCUT2D eigenvalue weighted by molar-refractivity contribution is -0.156. The summed E-state index contributed by atoms with van der Waals surface area (Å²) in [4.78, 5) is 67.6. The van der Waals surface area contributed by atoms with Crippen LogP contribution in [0.15, 0.2) is 124 Å². The van der Waals surface area contributed by atoms with Gasteiger partial charge in [-0.15, -0.1) is 0 Å². The maximum atomic E-state index is 13.1. The molecule has 5 N–H and O–H groups in total. The molecule has 2 amide bonds. The van der Waals surface area contributed by atoms with Crippen molar-refractivity contribution in [3.63, 3.8) is 0 Å². The predicted molar refractivity (Wildman–Crippen MR) is 439 cm³/mol. The average molecular weight is 1700 g/mol. The summed E-state index contributed by atoms with van der Waals surface area (Å²) in [6.45, 7) is 24.8. The van der Waals surface area contributed by atoms with E-state index in [1.54, 1.807) is 92.2 Å². The lowest BCUT2D eigenvalue weighted by Crippen LogP contribution is -2.44. The highest BCUT2D eigenvalue weighted by Crippen LogP contribution is 2.32. The Morgan fingerprint density at radius 2 is 0.647 bits per heavy atom. The van der Waals surface area contributed by atoms with Gasteiger partial charge in [0.2, 0.25) is 54.5 Å². The van der Waals surface area contributed by atoms with E-state index in [1.807, 2.05) is 24.3 Å². The summed E-state index contributed by atoms with van der Waals surface area (Å²) in [6, 6.07) is 35.2. The minimum absolute atomic E-state index is 0. The van der Waals surface area contributed by atoms with E-state index in [1.165, 1.54) is 59.5 Å². The molecule has 116 heavy (non-hydrogen) atoms. The number of nitrogens with zero attached hydrogens (tertiary/aromatic N) is 9. The molecule has 6 aromatic carbocycles. The number of hydrogen-bond acceptors (Lipinski definition) is 21. The zero-order chi connectivity index (χ0) is 86.3. The van der Waals surface area contributed by atoms with E-state index in [4.69, 9.17) is 34.6 Å². The number of alkyl halides is 6. The van der Waals surface area contributed by atoms with E-state index in [2.05, 4.69) is 110 Å². The molecule has 0 radical (unpaired) electrons. The van der Waals surface area contributed by atoms with Crippen LogP contribution in [0.4, 0.5) is 43.4 Å². The fourth-order valence-electron chi connectivity index (χ4n) is 12.2. The molecule has 3 fully saturated rings. The van der Waals surface area contributed by atoms with Gasteiger partial charge in [-0.05, 0) is 186 Å². The maximum absolute atomic E-state index is 13.1. The molecule has 3 aliphatic rings. The minimum Gasteiger partial charge on any atom is -0.497 e. The highest BCUT2D eigenvalue weighted by molar-refractivity contribution is 7.89. The molecule has 3 aliphatic heterocycles. The van der Waals surface area contributed by atoms with Crippen molar-refractivity contribution in [3.05, 3.63) is 159 Å². The van der Waals surface area contributed by atoms with Gasteiger partial charge < -0.3 is 65.1 Å². The number of sulfonamides is 3. The third-order valence-electron chi connectivity index (χ3n) is 18.9. The largest absolute Gasteiger partial charge is 0.497 e. The summed E-state index contributed by atoms with van der Waals surface area (Å²) >= 11 is 0. The number of anilines is 3. The summed E-state index contributed by atoms with van der Waals surface area (Å²) in [5.41, 5.74) is 16.1. The molecule has 0 saturated carbocycles. The number of amides is 2. The quantitative estimate of drug-likeness (QED) is 0.0290. The first kappa shape index (κ1) is 101. The molecule has 9 rings (SSSR count). The summed E-state index contributed by atoms with van der Waals surface area (Å²) in [5.74, 6) is 0.421. The van der Waals surface area contributed by atoms with Crippen LogP contribution in [-0.2, 0) is 73.7 Å². The smallest absolute Gasteiger partial charge is 0.446 e. The Kier molecular flexibility index (Phi) is 41.4. The Morgan fingerprint density at radius 1 is 0.431 bits per heavy atom. The van der Waals surface area contributed by atoms with Gasteiger partial charge in [0.05, 0.1) is 42.4 Å². The number of aldehydes is 2. The fraction of sp³-hybridized carbons (Fsp3) is 0.487. The normalized spacial score (nSPS) is 14.3. The number of nitrogens with two attached hydrogens (primary N) is 1. The Balaban J connectivity index is 0.000000394. The summed E-state index contributed by atoms with van der Waals surface area (Å²) in [6.07, 6.45) is -11.5. The first-order chi connectivity index (χ1) is 53.8. The highest BCUT2D eigenvalue weighted by Gasteiger charge is 2.31. The number of carbonyl (C=O) groups is 5. The fourth-order valence-corrected chi connectivity index (χ4v) is 16.9. The van der Waals surface area contributed by atoms with Gasteiger partial charge in [-0.3, -0.25) is 24.0 Å². The number of likely N-dealkylation sites (N-methyl/N-ethyl adjacent to an activating group) is 3. The van der Waals surface area contributed by atoms with Crippen molar-refractivity contribution < 1.29 is 94.9 Å². The van der Waals surface area contributed by atoms with Gasteiger partial charge in [0, 0.05) is 169 Å². The summed E-state index contributed by atoms with van der Waals surface area (Å²) in [5, 5.41) is 14.4. The molecule has 0 aromatic heterocycles. The summed E-state index contributed by atoms with van der Waals surface area (Å²) in [7, 11) is 4.31. The molecule has 36 heteroatoms. The maximum Gasteiger partial charge on any atom is 0.446 e. The number of ether oxygens (including phenoxy) is 3. The molecular weight excluding hydrogens is 1580 g/mol. The van der Waals surface area contributed by atoms with Crippen LogP contribution in [0.25, 0.3) is 0 Å². The molecule has 646 valence electrons. The Morgan fingerprint density at radius 3 is 0.845 bits per heavy atom. The van der Waals surface area contributed by atoms with Gasteiger partial charge in [-0.25, -0.2) is 38.2 Å². The lowest BCUT2D eigenvalue weighted by atomic mass is 10.1. The number of methoxy groups -OCH3 is 3. The molecule has 0 atom stereocenters. The monoisotopic (exact) mass is 1690 g/mol. The molecule has 6 aromatic rings. The molecule has 0 aliphatic carbocycles. The number of carboxylic acids is 1. The lowest BCUT2D eigenvalue weighted by Gasteiger charge is -2.34. The number of aliphatic carboxylic acids is 1. The van der Waals surface area contributed by atoms with Crippen molar-refractivity contribution in [3.8, 4) is 17.2 Å². The van der Waals surface area contributed by atoms with Gasteiger partial charge >= 0.3 is 18.3 Å². The van der Waals surface area contributed by atoms with Crippen LogP contribution in [0.2, 0.25) is 0 Å². The van der Waals surface area contributed by atoms with Crippen LogP contribution in [0.1, 0.15) is 76.8 Å². The Hall–Kier alpha value is -8.98. The molecule has 3 heterocycles. The zero-order valence-electron chi connectivity index (χ0n) is 68.2. The van der Waals surface area contributed by atoms with E-state index in [9.17, 15) is 66.0 Å². The van der Waals surface area contributed by atoms with E-state index in [0.717, 1.165) is 94.0 Å². The second-order valence-electron chi connectivity index (χ2n) is 27.8. The number of aryl methyl sites for hydroxylation is 6. The first-order valence-electron chi connectivity index (χ1n) is 36.8. The van der Waals surface area contributed by atoms with Crippen molar-refractivity contribution in [1.82, 2.24) is 38.2 Å². The van der Waals surface area contributed by atoms with Gasteiger partial charge in [0.15, 0.2) is 0 Å². The highest BCUT2D eigenvalue weighted by atomic mass is 32.2. The van der Waals surface area contributed by atoms with Crippen molar-refractivity contribution >= 4 is 77.5 Å². The van der Waals surface area contributed by atoms with Gasteiger partial charge in [0.25, 0.3) is 0 Å². The van der Waals surface area contributed by atoms with Gasteiger partial charge in [0.1, 0.15) is 17.2 Å². The number of carbonyl (C=O) groups excluding carboxylic acids is 4. The topological polar surface area (TPSA) is 315 Å². The number of nitrogens with one attached hydrogen (secondary N) is 2. The standard InChI is InChI=1S/2C25H36N4O4S.C13H19NO5S.C12H19N3.2C2HF3O.CH4/c2*1-19-16-23(33-5)17-20(2)25(19)34(31,32)28(4)11-10-24(30)26-18-21-6-8-22(9-7-21)29-14-12-27(3)13-15-29;1-9-7-11(19-4)8-10(2)13(9)20(17,18)14(3)6-5-12(15)16;1-14-6-8-15(9-7-14)12-4-2-11(10-13)3-5-12;2*3-2(4,5)1-6;/h2*6-9,16-17H,10-15,18H2,1-5H3,(H,26,30);7-8H,5-6H2,1-4H3,(H,15,16);2-5H,6-10,13H2,1H3;2*1H;1H4. The van der Waals surface area contributed by atoms with Crippen molar-refractivity contribution in [2.75, 3.05) is 176 Å². The van der Waals surface area contributed by atoms with Crippen LogP contribution in [0.5, 0.6) is 17.2 Å². The van der Waals surface area contributed by atoms with E-state index in [0.29, 0.717) is 70.3 Å². The van der Waals surface area contributed by atoms with Gasteiger partial charge in [-0.1, -0.05) is 43.8 Å². The van der Waals surface area contributed by atoms with E-state index >= 15 is 0 Å². The molecular formula is C80H116F6N12O15S3. The van der Waals surface area contributed by atoms with Crippen molar-refractivity contribution in [1.29, 1.82) is 0 Å². The molecule has 0 unspecified atom stereocenters. The molecule has 27 nitrogen and oxygen atoms in total. The number of piperazine rings is 3. The first-order valence-corrected chi connectivity index (χ1v) is 41.1. The number of halogens is 6. The number of benzene rings is 6. The average Bonchev–Trinajstić information content (AvgIpc) is 0.792. The SMILES string of the molecule is C.CN1CCN(c2ccc(CN)cc2)CC1.COc1cc(C)c(S(=O)(=O)N(C)CCC(=O)NCc2ccc(N3CCN(C)CC3)cc2)c(C)c1.COc1cc(C)c(S(=O)(=O)N(C)CCC(=O)NCc2ccc(N3CCN(C)CC3)cc2)c(C)c1.COc1cc(C)c(S(=O)(=O)N(C)CCC(=O)O)c(C)c1.O=CC(F)(F)F.O=CC(F)(F)F. The number of rotatable bonds is 26. The van der Waals surface area contributed by atoms with Crippen LogP contribution in [-0.4, -0.2) is 262 Å². The van der Waals surface area contributed by atoms with Crippen molar-refractivity contribution in [2.24, 2.45) is 5.73 Å². The number of hydrogen-bond donors (Lipinski definition) is 4. The van der Waals surface area contributed by atoms with Crippen molar-refractivity contribution in [2.45, 2.75) is 115 Å². The minimum atomic E-state index is -4.64. The number of carboxylic acid groups (broad SMARTS) is 1. The second kappa shape index (κ2) is 47.4. The Bertz CT molecular complexity index is 4210. The van der Waals surface area contributed by atoms with E-state index in [-0.39, 0.29) is 72.8 Å². The van der Waals surface area contributed by atoms with Crippen LogP contribution in [0.3, 0.4) is 0 Å². The third kappa shape index (κ3) is 32.8. The second-order valence-corrected chi connectivity index (χ2v) is 33.8. The van der Waals surface area contributed by atoms with Crippen LogP contribution >= 0.6 is 0 Å². The predicted octanol–water partition coefficient (Wildman–Crippen LogP) is 9.22. The van der Waals surface area contributed by atoms with E-state index < -0.39 is 61.0 Å².